The first-order valence-corrected chi connectivity index (χ1v) is 6.15. The summed E-state index contributed by atoms with van der Waals surface area (Å²) in [5.41, 5.74) is 6.59. The number of nitrogens with zero attached hydrogens (tertiary/aromatic N) is 2. The molecule has 2 amide bonds. The van der Waals surface area contributed by atoms with Crippen LogP contribution in [0.2, 0.25) is 5.02 Å². The summed E-state index contributed by atoms with van der Waals surface area (Å²) in [6.45, 7) is 0.00714. The van der Waals surface area contributed by atoms with Crippen molar-refractivity contribution < 1.29 is 22.8 Å². The first-order chi connectivity index (χ1) is 9.68. The molecule has 1 atom stereocenters. The number of aromatic nitrogens is 1. The third-order valence-electron chi connectivity index (χ3n) is 2.94. The van der Waals surface area contributed by atoms with Crippen molar-refractivity contribution in [1.29, 1.82) is 0 Å². The molecule has 0 radical (unpaired) electrons. The summed E-state index contributed by atoms with van der Waals surface area (Å²) < 4.78 is 37.4. The number of hydrogen-bond donors (Lipinski definition) is 2. The maximum atomic E-state index is 12.5. The molecule has 1 aromatic rings. The molecule has 2 heterocycles. The zero-order valence-electron chi connectivity index (χ0n) is 10.4. The van der Waals surface area contributed by atoms with E-state index in [0.29, 0.717) is 12.3 Å². The topological polar surface area (TPSA) is 88.3 Å². The molecule has 0 saturated carbocycles. The highest BCUT2D eigenvalue weighted by atomic mass is 35.5. The van der Waals surface area contributed by atoms with Gasteiger partial charge in [-0.25, -0.2) is 4.98 Å². The zero-order valence-corrected chi connectivity index (χ0v) is 11.2. The van der Waals surface area contributed by atoms with Crippen molar-refractivity contribution in [1.82, 2.24) is 9.99 Å². The first-order valence-electron chi connectivity index (χ1n) is 5.77. The molecule has 0 aliphatic carbocycles. The fourth-order valence-electron chi connectivity index (χ4n) is 1.81. The number of rotatable bonds is 3. The van der Waals surface area contributed by atoms with Gasteiger partial charge < -0.3 is 5.73 Å². The lowest BCUT2D eigenvalue weighted by Gasteiger charge is -2.19. The summed E-state index contributed by atoms with van der Waals surface area (Å²) >= 11 is 5.71. The molecule has 1 aromatic heterocycles. The maximum Gasteiger partial charge on any atom is 0.417 e. The van der Waals surface area contributed by atoms with Crippen LogP contribution in [0.5, 0.6) is 0 Å². The van der Waals surface area contributed by atoms with E-state index >= 15 is 0 Å². The molecule has 1 aliphatic heterocycles. The third-order valence-corrected chi connectivity index (χ3v) is 3.22. The molecule has 0 unspecified atom stereocenters. The van der Waals surface area contributed by atoms with Crippen LogP contribution in [0.25, 0.3) is 0 Å². The van der Waals surface area contributed by atoms with E-state index in [-0.39, 0.29) is 23.8 Å². The van der Waals surface area contributed by atoms with Gasteiger partial charge in [-0.3, -0.25) is 20.0 Å². The minimum absolute atomic E-state index is 0.00714. The van der Waals surface area contributed by atoms with Gasteiger partial charge in [0.2, 0.25) is 11.8 Å². The molecule has 21 heavy (non-hydrogen) atoms. The van der Waals surface area contributed by atoms with E-state index in [1.54, 1.807) is 0 Å². The van der Waals surface area contributed by atoms with E-state index in [4.69, 9.17) is 17.3 Å². The van der Waals surface area contributed by atoms with E-state index in [9.17, 15) is 22.8 Å². The van der Waals surface area contributed by atoms with E-state index in [0.717, 1.165) is 5.01 Å². The number of primary amides is 1. The average molecular weight is 323 g/mol. The van der Waals surface area contributed by atoms with Crippen molar-refractivity contribution >= 4 is 29.2 Å². The minimum Gasteiger partial charge on any atom is -0.369 e. The van der Waals surface area contributed by atoms with Crippen LogP contribution >= 0.6 is 11.6 Å². The Labute approximate surface area is 122 Å². The number of pyridine rings is 1. The SMILES string of the molecule is NC(=O)[C@H]1CC(=O)N(Nc2ncc(C(F)(F)F)cc2Cl)C1. The molecule has 3 N–H and O–H groups in total. The minimum atomic E-state index is -4.56. The van der Waals surface area contributed by atoms with E-state index in [1.807, 2.05) is 0 Å². The normalized spacial score (nSPS) is 19.0. The number of carbonyl (C=O) groups excluding carboxylic acids is 2. The van der Waals surface area contributed by atoms with Crippen LogP contribution in [-0.4, -0.2) is 28.4 Å². The molecule has 6 nitrogen and oxygen atoms in total. The Kier molecular flexibility index (Phi) is 3.95. The van der Waals surface area contributed by atoms with Crippen molar-refractivity contribution in [3.8, 4) is 0 Å². The Bertz CT molecular complexity index is 593. The average Bonchev–Trinajstić information content (AvgIpc) is 2.72. The Morgan fingerprint density at radius 2 is 2.19 bits per heavy atom. The molecule has 0 spiro atoms. The van der Waals surface area contributed by atoms with Gasteiger partial charge in [0.15, 0.2) is 5.82 Å². The standard InChI is InChI=1S/C11H10ClF3N4O2/c12-7-2-6(11(13,14)15)3-17-10(7)18-19-4-5(9(16)21)1-8(19)20/h2-3,5H,1,4H2,(H2,16,21)(H,17,18)/t5-/m0/s1. The Morgan fingerprint density at radius 3 is 2.67 bits per heavy atom. The van der Waals surface area contributed by atoms with Crippen LogP contribution < -0.4 is 11.2 Å². The highest BCUT2D eigenvalue weighted by Crippen LogP contribution is 2.32. The van der Waals surface area contributed by atoms with E-state index < -0.39 is 29.5 Å². The molecule has 2 rings (SSSR count). The fourth-order valence-corrected chi connectivity index (χ4v) is 2.02. The second-order valence-electron chi connectivity index (χ2n) is 4.47. The highest BCUT2D eigenvalue weighted by molar-refractivity contribution is 6.33. The maximum absolute atomic E-state index is 12.5. The van der Waals surface area contributed by atoms with Crippen LogP contribution in [0.1, 0.15) is 12.0 Å². The van der Waals surface area contributed by atoms with Crippen LogP contribution in [0.3, 0.4) is 0 Å². The fraction of sp³-hybridized carbons (Fsp3) is 0.364. The molecule has 0 aromatic carbocycles. The zero-order chi connectivity index (χ0) is 15.8. The Balaban J connectivity index is 2.14. The lowest BCUT2D eigenvalue weighted by molar-refractivity contribution is -0.137. The lowest BCUT2D eigenvalue weighted by Crippen LogP contribution is -2.33. The van der Waals surface area contributed by atoms with E-state index in [1.165, 1.54) is 0 Å². The summed E-state index contributed by atoms with van der Waals surface area (Å²) in [6.07, 6.45) is -4.03. The summed E-state index contributed by atoms with van der Waals surface area (Å²) in [5.74, 6) is -1.81. The second-order valence-corrected chi connectivity index (χ2v) is 4.88. The molecule has 1 aliphatic rings. The molecular formula is C11H10ClF3N4O2. The van der Waals surface area contributed by atoms with Gasteiger partial charge in [0, 0.05) is 12.6 Å². The van der Waals surface area contributed by atoms with Gasteiger partial charge in [0.05, 0.1) is 23.0 Å². The smallest absolute Gasteiger partial charge is 0.369 e. The largest absolute Gasteiger partial charge is 0.417 e. The number of nitrogens with one attached hydrogen (secondary N) is 1. The van der Waals surface area contributed by atoms with Crippen LogP contribution in [0, 0.1) is 5.92 Å². The van der Waals surface area contributed by atoms with Gasteiger partial charge in [-0.2, -0.15) is 13.2 Å². The van der Waals surface area contributed by atoms with Crippen molar-refractivity contribution in [2.45, 2.75) is 12.6 Å². The van der Waals surface area contributed by atoms with Crippen molar-refractivity contribution in [3.05, 3.63) is 22.8 Å². The predicted octanol–water partition coefficient (Wildman–Crippen LogP) is 1.41. The number of hydrazine groups is 1. The number of hydrogen-bond acceptors (Lipinski definition) is 4. The first kappa shape index (κ1) is 15.4. The number of nitrogens with two attached hydrogens (primary N) is 1. The van der Waals surface area contributed by atoms with Crippen LogP contribution in [0.15, 0.2) is 12.3 Å². The van der Waals surface area contributed by atoms with E-state index in [2.05, 4.69) is 10.4 Å². The number of alkyl halides is 3. The monoisotopic (exact) mass is 322 g/mol. The summed E-state index contributed by atoms with van der Waals surface area (Å²) in [4.78, 5) is 26.2. The molecule has 0 bridgehead atoms. The van der Waals surface area contributed by atoms with Crippen molar-refractivity contribution in [3.63, 3.8) is 0 Å². The third kappa shape index (κ3) is 3.35. The van der Waals surface area contributed by atoms with Gasteiger partial charge >= 0.3 is 6.18 Å². The second kappa shape index (κ2) is 5.40. The Morgan fingerprint density at radius 1 is 1.52 bits per heavy atom. The van der Waals surface area contributed by atoms with Gasteiger partial charge in [0.1, 0.15) is 0 Å². The number of anilines is 1. The summed E-state index contributed by atoms with van der Waals surface area (Å²) in [7, 11) is 0. The summed E-state index contributed by atoms with van der Waals surface area (Å²) in [5, 5.41) is 0.761. The molecule has 10 heteroatoms. The molecule has 114 valence electrons. The van der Waals surface area contributed by atoms with Crippen LogP contribution in [-0.2, 0) is 15.8 Å². The number of carbonyl (C=O) groups is 2. The van der Waals surface area contributed by atoms with Gasteiger partial charge in [-0.1, -0.05) is 11.6 Å². The lowest BCUT2D eigenvalue weighted by atomic mass is 10.1. The van der Waals surface area contributed by atoms with Gasteiger partial charge in [-0.05, 0) is 6.07 Å². The number of amides is 2. The quantitative estimate of drug-likeness (QED) is 0.880. The molecule has 1 fully saturated rings. The van der Waals surface area contributed by atoms with Gasteiger partial charge in [0.25, 0.3) is 0 Å². The van der Waals surface area contributed by atoms with Crippen molar-refractivity contribution in [2.24, 2.45) is 11.7 Å². The molecule has 1 saturated heterocycles. The van der Waals surface area contributed by atoms with Gasteiger partial charge in [-0.15, -0.1) is 0 Å². The predicted molar refractivity (Wildman–Crippen MR) is 66.9 cm³/mol. The number of halogens is 4. The summed E-state index contributed by atoms with van der Waals surface area (Å²) in [6, 6.07) is 0.697. The van der Waals surface area contributed by atoms with Crippen molar-refractivity contribution in [2.75, 3.05) is 12.0 Å². The highest BCUT2D eigenvalue weighted by Gasteiger charge is 2.35. The van der Waals surface area contributed by atoms with Crippen LogP contribution in [0.4, 0.5) is 19.0 Å². The Hall–Kier alpha value is -2.03. The molecular weight excluding hydrogens is 313 g/mol.